The monoisotopic (exact) mass is 253 g/mol. The van der Waals surface area contributed by atoms with E-state index in [1.807, 2.05) is 18.2 Å². The lowest BCUT2D eigenvalue weighted by Crippen LogP contribution is -2.05. The first kappa shape index (κ1) is 14.6. The first-order chi connectivity index (χ1) is 8.81. The Labute approximate surface area is 109 Å². The molecule has 0 unspecified atom stereocenters. The summed E-state index contributed by atoms with van der Waals surface area (Å²) in [7, 11) is 1.61. The third-order valence-electron chi connectivity index (χ3n) is 2.62. The smallest absolute Gasteiger partial charge is 0.163 e. The number of anilines is 1. The van der Waals surface area contributed by atoms with E-state index >= 15 is 0 Å². The lowest BCUT2D eigenvalue weighted by Gasteiger charge is -2.12. The van der Waals surface area contributed by atoms with Crippen LogP contribution in [0, 0.1) is 0 Å². The van der Waals surface area contributed by atoms with E-state index in [4.69, 9.17) is 14.6 Å². The maximum Gasteiger partial charge on any atom is 0.163 e. The third-order valence-corrected chi connectivity index (χ3v) is 2.62. The highest BCUT2D eigenvalue weighted by Gasteiger charge is 2.05. The van der Waals surface area contributed by atoms with Crippen molar-refractivity contribution in [2.24, 2.45) is 0 Å². The van der Waals surface area contributed by atoms with Gasteiger partial charge in [0.15, 0.2) is 11.5 Å². The molecular formula is C14H23NO3. The molecule has 0 bridgehead atoms. The van der Waals surface area contributed by atoms with Gasteiger partial charge in [-0.05, 0) is 18.6 Å². The van der Waals surface area contributed by atoms with Crippen molar-refractivity contribution in [3.63, 3.8) is 0 Å². The molecule has 0 radical (unpaired) electrons. The molecule has 0 aromatic heterocycles. The van der Waals surface area contributed by atoms with E-state index in [-0.39, 0.29) is 13.2 Å². The highest BCUT2D eigenvalue weighted by atomic mass is 16.5. The summed E-state index contributed by atoms with van der Waals surface area (Å²) in [5.41, 5.74) is 1.01. The molecule has 0 fully saturated rings. The van der Waals surface area contributed by atoms with Gasteiger partial charge in [-0.1, -0.05) is 19.8 Å². The minimum atomic E-state index is -0.00267. The SMILES string of the molecule is CCCCCNc1ccc(OC)c(OCCO)c1. The molecule has 0 spiro atoms. The van der Waals surface area contributed by atoms with Crippen LogP contribution in [0.25, 0.3) is 0 Å². The number of hydrogen-bond donors (Lipinski definition) is 2. The Morgan fingerprint density at radius 1 is 1.22 bits per heavy atom. The Morgan fingerprint density at radius 2 is 2.06 bits per heavy atom. The van der Waals surface area contributed by atoms with Crippen LogP contribution in [0.5, 0.6) is 11.5 Å². The fraction of sp³-hybridized carbons (Fsp3) is 0.571. The summed E-state index contributed by atoms with van der Waals surface area (Å²) in [6.45, 7) is 3.42. The van der Waals surface area contributed by atoms with Gasteiger partial charge in [0.1, 0.15) is 6.61 Å². The topological polar surface area (TPSA) is 50.7 Å². The molecule has 0 amide bonds. The van der Waals surface area contributed by atoms with Gasteiger partial charge < -0.3 is 19.9 Å². The summed E-state index contributed by atoms with van der Waals surface area (Å²) < 4.78 is 10.6. The van der Waals surface area contributed by atoms with Crippen LogP contribution < -0.4 is 14.8 Å². The zero-order valence-electron chi connectivity index (χ0n) is 11.2. The lowest BCUT2D eigenvalue weighted by atomic mass is 10.2. The number of benzene rings is 1. The zero-order valence-corrected chi connectivity index (χ0v) is 11.2. The maximum atomic E-state index is 8.78. The Hall–Kier alpha value is -1.42. The molecule has 0 atom stereocenters. The second kappa shape index (κ2) is 8.64. The van der Waals surface area contributed by atoms with E-state index < -0.39 is 0 Å². The molecule has 2 N–H and O–H groups in total. The van der Waals surface area contributed by atoms with Crippen LogP contribution in [-0.2, 0) is 0 Å². The van der Waals surface area contributed by atoms with E-state index in [1.54, 1.807) is 7.11 Å². The van der Waals surface area contributed by atoms with E-state index in [0.717, 1.165) is 18.7 Å². The Kier molecular flexibility index (Phi) is 7.03. The fourth-order valence-electron chi connectivity index (χ4n) is 1.66. The van der Waals surface area contributed by atoms with E-state index in [1.165, 1.54) is 12.8 Å². The van der Waals surface area contributed by atoms with Gasteiger partial charge in [0.2, 0.25) is 0 Å². The van der Waals surface area contributed by atoms with Crippen molar-refractivity contribution >= 4 is 5.69 Å². The fourth-order valence-corrected chi connectivity index (χ4v) is 1.66. The van der Waals surface area contributed by atoms with Crippen LogP contribution in [0.3, 0.4) is 0 Å². The molecule has 0 aliphatic heterocycles. The second-order valence-electron chi connectivity index (χ2n) is 4.07. The standard InChI is InChI=1S/C14H23NO3/c1-3-4-5-8-15-12-6-7-13(17-2)14(11-12)18-10-9-16/h6-7,11,15-16H,3-5,8-10H2,1-2H3. The van der Waals surface area contributed by atoms with Gasteiger partial charge in [0.05, 0.1) is 13.7 Å². The molecule has 0 aliphatic carbocycles. The summed E-state index contributed by atoms with van der Waals surface area (Å²) in [6, 6.07) is 5.74. The minimum Gasteiger partial charge on any atom is -0.493 e. The number of aliphatic hydroxyl groups excluding tert-OH is 1. The molecule has 0 heterocycles. The quantitative estimate of drug-likeness (QED) is 0.664. The number of ether oxygens (including phenoxy) is 2. The summed E-state index contributed by atoms with van der Waals surface area (Å²) in [5, 5.41) is 12.1. The molecule has 4 heteroatoms. The third kappa shape index (κ3) is 4.84. The average Bonchev–Trinajstić information content (AvgIpc) is 2.41. The first-order valence-electron chi connectivity index (χ1n) is 6.47. The van der Waals surface area contributed by atoms with Gasteiger partial charge in [0.25, 0.3) is 0 Å². The molecule has 1 aromatic rings. The van der Waals surface area contributed by atoms with Crippen molar-refractivity contribution in [2.45, 2.75) is 26.2 Å². The largest absolute Gasteiger partial charge is 0.493 e. The predicted octanol–water partition coefficient (Wildman–Crippen LogP) is 2.67. The summed E-state index contributed by atoms with van der Waals surface area (Å²) in [5.74, 6) is 1.34. The van der Waals surface area contributed by atoms with Crippen molar-refractivity contribution in [1.82, 2.24) is 0 Å². The number of hydrogen-bond acceptors (Lipinski definition) is 4. The minimum absolute atomic E-state index is 0.00267. The van der Waals surface area contributed by atoms with Crippen LogP contribution in [0.4, 0.5) is 5.69 Å². The molecule has 0 saturated carbocycles. The van der Waals surface area contributed by atoms with Crippen molar-refractivity contribution in [3.8, 4) is 11.5 Å². The zero-order chi connectivity index (χ0) is 13.2. The van der Waals surface area contributed by atoms with Gasteiger partial charge in [0, 0.05) is 18.3 Å². The summed E-state index contributed by atoms with van der Waals surface area (Å²) >= 11 is 0. The van der Waals surface area contributed by atoms with E-state index in [9.17, 15) is 0 Å². The molecule has 0 aliphatic rings. The summed E-state index contributed by atoms with van der Waals surface area (Å²) in [6.07, 6.45) is 3.61. The number of unbranched alkanes of at least 4 members (excludes halogenated alkanes) is 2. The number of methoxy groups -OCH3 is 1. The van der Waals surface area contributed by atoms with Crippen LogP contribution in [0.1, 0.15) is 26.2 Å². The van der Waals surface area contributed by atoms with Crippen molar-refractivity contribution in [2.75, 3.05) is 32.2 Å². The van der Waals surface area contributed by atoms with Gasteiger partial charge in [-0.25, -0.2) is 0 Å². The molecule has 1 aromatic carbocycles. The lowest BCUT2D eigenvalue weighted by molar-refractivity contribution is 0.196. The Bertz CT molecular complexity index is 342. The van der Waals surface area contributed by atoms with Gasteiger partial charge in [-0.3, -0.25) is 0 Å². The predicted molar refractivity (Wildman–Crippen MR) is 73.6 cm³/mol. The van der Waals surface area contributed by atoms with Crippen LogP contribution in [-0.4, -0.2) is 32.0 Å². The summed E-state index contributed by atoms with van der Waals surface area (Å²) in [4.78, 5) is 0. The second-order valence-corrected chi connectivity index (χ2v) is 4.07. The molecule has 4 nitrogen and oxygen atoms in total. The van der Waals surface area contributed by atoms with Crippen LogP contribution in [0.2, 0.25) is 0 Å². The average molecular weight is 253 g/mol. The molecular weight excluding hydrogens is 230 g/mol. The molecule has 1 rings (SSSR count). The van der Waals surface area contributed by atoms with E-state index in [0.29, 0.717) is 11.5 Å². The maximum absolute atomic E-state index is 8.78. The van der Waals surface area contributed by atoms with Crippen molar-refractivity contribution < 1.29 is 14.6 Å². The van der Waals surface area contributed by atoms with Gasteiger partial charge in [-0.2, -0.15) is 0 Å². The highest BCUT2D eigenvalue weighted by molar-refractivity contribution is 5.54. The number of aliphatic hydroxyl groups is 1. The Morgan fingerprint density at radius 3 is 2.72 bits per heavy atom. The van der Waals surface area contributed by atoms with Crippen molar-refractivity contribution in [3.05, 3.63) is 18.2 Å². The molecule has 18 heavy (non-hydrogen) atoms. The van der Waals surface area contributed by atoms with Gasteiger partial charge >= 0.3 is 0 Å². The van der Waals surface area contributed by atoms with Crippen molar-refractivity contribution in [1.29, 1.82) is 0 Å². The van der Waals surface area contributed by atoms with Crippen LogP contribution in [0.15, 0.2) is 18.2 Å². The Balaban J connectivity index is 2.57. The molecule has 102 valence electrons. The first-order valence-corrected chi connectivity index (χ1v) is 6.47. The normalized spacial score (nSPS) is 10.2. The van der Waals surface area contributed by atoms with Crippen LogP contribution >= 0.6 is 0 Å². The van der Waals surface area contributed by atoms with E-state index in [2.05, 4.69) is 12.2 Å². The van der Waals surface area contributed by atoms with Gasteiger partial charge in [-0.15, -0.1) is 0 Å². The highest BCUT2D eigenvalue weighted by Crippen LogP contribution is 2.30. The number of nitrogens with one attached hydrogen (secondary N) is 1. The number of rotatable bonds is 9. The molecule has 0 saturated heterocycles.